The maximum absolute atomic E-state index is 12.3. The second-order valence-corrected chi connectivity index (χ2v) is 6.63. The topological polar surface area (TPSA) is 43.1 Å². The first kappa shape index (κ1) is 12.6. The molecule has 0 aromatic heterocycles. The molecule has 0 amide bonds. The number of benzene rings is 1. The van der Waals surface area contributed by atoms with Crippen LogP contribution in [-0.2, 0) is 16.6 Å². The quantitative estimate of drug-likeness (QED) is 0.839. The standard InChI is InChI=1S/C14H21NOS/c1-11-12(6-5-9-14(11)15)10-17(16)13-7-3-2-4-8-13/h5-6,9,13H,2-4,7-8,10,15H2,1H3. The van der Waals surface area contributed by atoms with E-state index in [1.807, 2.05) is 25.1 Å². The monoisotopic (exact) mass is 251 g/mol. The van der Waals surface area contributed by atoms with Crippen LogP contribution in [-0.4, -0.2) is 9.46 Å². The van der Waals surface area contributed by atoms with Crippen LogP contribution in [0.4, 0.5) is 5.69 Å². The van der Waals surface area contributed by atoms with E-state index in [0.29, 0.717) is 11.0 Å². The van der Waals surface area contributed by atoms with Crippen LogP contribution in [0.5, 0.6) is 0 Å². The fourth-order valence-electron chi connectivity index (χ4n) is 2.46. The lowest BCUT2D eigenvalue weighted by atomic mass is 10.0. The summed E-state index contributed by atoms with van der Waals surface area (Å²) in [6.45, 7) is 2.02. The molecule has 1 aliphatic carbocycles. The Kier molecular flexibility index (Phi) is 4.21. The molecule has 17 heavy (non-hydrogen) atoms. The lowest BCUT2D eigenvalue weighted by Gasteiger charge is -2.21. The number of nitrogens with two attached hydrogens (primary N) is 1. The summed E-state index contributed by atoms with van der Waals surface area (Å²) in [5.41, 5.74) is 8.93. The number of nitrogen functional groups attached to an aromatic ring is 1. The Morgan fingerprint density at radius 1 is 1.29 bits per heavy atom. The summed E-state index contributed by atoms with van der Waals surface area (Å²) in [5, 5.41) is 0.407. The predicted molar refractivity (Wildman–Crippen MR) is 74.3 cm³/mol. The molecule has 1 aliphatic rings. The van der Waals surface area contributed by atoms with Crippen LogP contribution in [0.15, 0.2) is 18.2 Å². The van der Waals surface area contributed by atoms with Crippen LogP contribution in [0, 0.1) is 6.92 Å². The largest absolute Gasteiger partial charge is 0.399 e. The van der Waals surface area contributed by atoms with E-state index in [4.69, 9.17) is 5.73 Å². The Bertz CT molecular complexity index is 411. The summed E-state index contributed by atoms with van der Waals surface area (Å²) in [4.78, 5) is 0. The third-order valence-electron chi connectivity index (χ3n) is 3.71. The van der Waals surface area contributed by atoms with E-state index in [1.165, 1.54) is 19.3 Å². The van der Waals surface area contributed by atoms with Crippen LogP contribution in [0.1, 0.15) is 43.2 Å². The fraction of sp³-hybridized carbons (Fsp3) is 0.571. The molecule has 1 aromatic rings. The van der Waals surface area contributed by atoms with Gasteiger partial charge in [-0.3, -0.25) is 4.21 Å². The third-order valence-corrected chi connectivity index (χ3v) is 5.52. The van der Waals surface area contributed by atoms with Crippen LogP contribution >= 0.6 is 0 Å². The Morgan fingerprint density at radius 3 is 2.71 bits per heavy atom. The zero-order chi connectivity index (χ0) is 12.3. The first-order chi connectivity index (χ1) is 8.18. The van der Waals surface area contributed by atoms with Gasteiger partial charge in [0.2, 0.25) is 0 Å². The number of anilines is 1. The van der Waals surface area contributed by atoms with Gasteiger partial charge in [-0.2, -0.15) is 0 Å². The summed E-state index contributed by atoms with van der Waals surface area (Å²) in [6.07, 6.45) is 6.06. The highest BCUT2D eigenvalue weighted by Crippen LogP contribution is 2.25. The summed E-state index contributed by atoms with van der Waals surface area (Å²) in [5.74, 6) is 0.668. The minimum Gasteiger partial charge on any atom is -0.399 e. The van der Waals surface area contributed by atoms with Gasteiger partial charge in [-0.25, -0.2) is 0 Å². The highest BCUT2D eigenvalue weighted by molar-refractivity contribution is 7.84. The average molecular weight is 251 g/mol. The van der Waals surface area contributed by atoms with E-state index in [1.54, 1.807) is 0 Å². The molecule has 0 heterocycles. The van der Waals surface area contributed by atoms with E-state index < -0.39 is 10.8 Å². The molecular formula is C14H21NOS. The molecule has 0 aliphatic heterocycles. The second kappa shape index (κ2) is 5.67. The van der Waals surface area contributed by atoms with Gasteiger partial charge in [0.05, 0.1) is 0 Å². The average Bonchev–Trinajstić information content (AvgIpc) is 2.36. The van der Waals surface area contributed by atoms with Crippen molar-refractivity contribution < 1.29 is 4.21 Å². The first-order valence-electron chi connectivity index (χ1n) is 6.39. The van der Waals surface area contributed by atoms with E-state index in [-0.39, 0.29) is 0 Å². The highest BCUT2D eigenvalue weighted by Gasteiger charge is 2.20. The molecule has 2 nitrogen and oxygen atoms in total. The zero-order valence-corrected chi connectivity index (χ0v) is 11.3. The molecule has 1 fully saturated rings. The maximum Gasteiger partial charge on any atom is 0.0491 e. The van der Waals surface area contributed by atoms with Gasteiger partial charge in [0.15, 0.2) is 0 Å². The van der Waals surface area contributed by atoms with E-state index >= 15 is 0 Å². The summed E-state index contributed by atoms with van der Waals surface area (Å²) in [7, 11) is -0.732. The SMILES string of the molecule is Cc1c(N)cccc1CS(=O)C1CCCCC1. The van der Waals surface area contributed by atoms with Crippen LogP contribution in [0.2, 0.25) is 0 Å². The van der Waals surface area contributed by atoms with Gasteiger partial charge >= 0.3 is 0 Å². The van der Waals surface area contributed by atoms with E-state index in [9.17, 15) is 4.21 Å². The normalized spacial score (nSPS) is 19.1. The lowest BCUT2D eigenvalue weighted by Crippen LogP contribution is -2.20. The first-order valence-corrected chi connectivity index (χ1v) is 7.78. The Morgan fingerprint density at radius 2 is 2.00 bits per heavy atom. The highest BCUT2D eigenvalue weighted by atomic mass is 32.2. The predicted octanol–water partition coefficient (Wildman–Crippen LogP) is 3.16. The fourth-order valence-corrected chi connectivity index (χ4v) is 4.17. The van der Waals surface area contributed by atoms with Crippen molar-refractivity contribution in [3.8, 4) is 0 Å². The molecule has 0 spiro atoms. The minimum atomic E-state index is -0.732. The smallest absolute Gasteiger partial charge is 0.0491 e. The Labute approximate surface area is 106 Å². The van der Waals surface area contributed by atoms with Gasteiger partial charge in [-0.15, -0.1) is 0 Å². The molecule has 94 valence electrons. The van der Waals surface area contributed by atoms with Crippen molar-refractivity contribution in [2.24, 2.45) is 0 Å². The summed E-state index contributed by atoms with van der Waals surface area (Å²) in [6, 6.07) is 5.91. The Balaban J connectivity index is 2.04. The number of hydrogen-bond donors (Lipinski definition) is 1. The van der Waals surface area contributed by atoms with Crippen molar-refractivity contribution in [3.63, 3.8) is 0 Å². The van der Waals surface area contributed by atoms with Crippen LogP contribution < -0.4 is 5.73 Å². The van der Waals surface area contributed by atoms with Gasteiger partial charge in [0, 0.05) is 27.5 Å². The lowest BCUT2D eigenvalue weighted by molar-refractivity contribution is 0.504. The van der Waals surface area contributed by atoms with Gasteiger partial charge in [-0.1, -0.05) is 31.4 Å². The molecule has 0 saturated heterocycles. The molecule has 0 radical (unpaired) electrons. The molecule has 1 saturated carbocycles. The summed E-state index contributed by atoms with van der Waals surface area (Å²) < 4.78 is 12.3. The molecular weight excluding hydrogens is 230 g/mol. The molecule has 1 atom stereocenters. The molecule has 2 rings (SSSR count). The number of hydrogen-bond acceptors (Lipinski definition) is 2. The van der Waals surface area contributed by atoms with Crippen molar-refractivity contribution in [3.05, 3.63) is 29.3 Å². The van der Waals surface area contributed by atoms with Crippen molar-refractivity contribution in [1.82, 2.24) is 0 Å². The van der Waals surface area contributed by atoms with Crippen molar-refractivity contribution in [2.75, 3.05) is 5.73 Å². The molecule has 2 N–H and O–H groups in total. The van der Waals surface area contributed by atoms with Crippen molar-refractivity contribution >= 4 is 16.5 Å². The maximum atomic E-state index is 12.3. The van der Waals surface area contributed by atoms with Crippen LogP contribution in [0.25, 0.3) is 0 Å². The molecule has 3 heteroatoms. The third kappa shape index (κ3) is 3.09. The van der Waals surface area contributed by atoms with Crippen molar-refractivity contribution in [2.45, 2.75) is 50.0 Å². The van der Waals surface area contributed by atoms with Crippen LogP contribution in [0.3, 0.4) is 0 Å². The zero-order valence-electron chi connectivity index (χ0n) is 10.4. The molecule has 1 aromatic carbocycles. The van der Waals surface area contributed by atoms with Gasteiger partial charge in [0.25, 0.3) is 0 Å². The second-order valence-electron chi connectivity index (χ2n) is 4.92. The van der Waals surface area contributed by atoms with E-state index in [0.717, 1.165) is 29.7 Å². The molecule has 1 unspecified atom stereocenters. The number of rotatable bonds is 3. The van der Waals surface area contributed by atoms with Crippen molar-refractivity contribution in [1.29, 1.82) is 0 Å². The van der Waals surface area contributed by atoms with Gasteiger partial charge in [-0.05, 0) is 37.0 Å². The minimum absolute atomic E-state index is 0.407. The molecule has 0 bridgehead atoms. The Hall–Kier alpha value is -0.830. The van der Waals surface area contributed by atoms with Gasteiger partial charge < -0.3 is 5.73 Å². The van der Waals surface area contributed by atoms with E-state index in [2.05, 4.69) is 0 Å². The van der Waals surface area contributed by atoms with Gasteiger partial charge in [0.1, 0.15) is 0 Å². The summed E-state index contributed by atoms with van der Waals surface area (Å²) >= 11 is 0.